The van der Waals surface area contributed by atoms with Crippen LogP contribution in [-0.2, 0) is 11.2 Å². The van der Waals surface area contributed by atoms with E-state index in [-0.39, 0.29) is 24.4 Å². The summed E-state index contributed by atoms with van der Waals surface area (Å²) in [6.07, 6.45) is 0.982. The molecule has 0 bridgehead atoms. The summed E-state index contributed by atoms with van der Waals surface area (Å²) in [5.74, 6) is 0.0766. The topological polar surface area (TPSA) is 52.6 Å². The minimum absolute atomic E-state index is 0. The lowest BCUT2D eigenvalue weighted by atomic mass is 10.0. The first kappa shape index (κ1) is 17.0. The summed E-state index contributed by atoms with van der Waals surface area (Å²) < 4.78 is 0. The molecule has 2 unspecified atom stereocenters. The van der Waals surface area contributed by atoms with Gasteiger partial charge in [0.25, 0.3) is 0 Å². The van der Waals surface area contributed by atoms with Gasteiger partial charge in [0.15, 0.2) is 0 Å². The van der Waals surface area contributed by atoms with Crippen LogP contribution in [0.25, 0.3) is 11.1 Å². The maximum absolute atomic E-state index is 12.7. The molecule has 5 heteroatoms. The average Bonchev–Trinajstić information content (AvgIpc) is 3.20. The molecule has 126 valence electrons. The van der Waals surface area contributed by atoms with Crippen molar-refractivity contribution in [3.05, 3.63) is 54.1 Å². The fourth-order valence-corrected chi connectivity index (χ4v) is 3.53. The summed E-state index contributed by atoms with van der Waals surface area (Å²) in [7, 11) is 0. The standard InChI is InChI=1S/C19H20N2O2.ClH/c22-16-11-17(20-12-16)19(23)21-9-8-15-10-14(6-7-18(15)21)13-4-2-1-3-5-13;/h1-7,10,16-17,20,22H,8-9,11-12H2;1H. The van der Waals surface area contributed by atoms with E-state index in [1.807, 2.05) is 29.2 Å². The minimum atomic E-state index is -0.411. The molecular weight excluding hydrogens is 324 g/mol. The van der Waals surface area contributed by atoms with Crippen LogP contribution in [0.4, 0.5) is 5.69 Å². The first-order chi connectivity index (χ1) is 11.2. The Morgan fingerprint density at radius 2 is 1.92 bits per heavy atom. The molecule has 2 aliphatic rings. The number of hydrogen-bond acceptors (Lipinski definition) is 3. The second kappa shape index (κ2) is 6.93. The van der Waals surface area contributed by atoms with Crippen LogP contribution in [0.3, 0.4) is 0 Å². The Balaban J connectivity index is 0.00000169. The molecule has 24 heavy (non-hydrogen) atoms. The number of amides is 1. The second-order valence-corrected chi connectivity index (χ2v) is 6.30. The van der Waals surface area contributed by atoms with Gasteiger partial charge in [-0.25, -0.2) is 0 Å². The molecule has 1 amide bonds. The zero-order valence-electron chi connectivity index (χ0n) is 13.3. The number of aliphatic hydroxyl groups is 1. The Hall–Kier alpha value is -1.88. The van der Waals surface area contributed by atoms with E-state index in [1.165, 1.54) is 16.7 Å². The number of anilines is 1. The van der Waals surface area contributed by atoms with Gasteiger partial charge in [-0.2, -0.15) is 0 Å². The van der Waals surface area contributed by atoms with Gasteiger partial charge in [0.05, 0.1) is 12.1 Å². The SMILES string of the molecule is Cl.O=C(C1CC(O)CN1)N1CCc2cc(-c3ccccc3)ccc21. The van der Waals surface area contributed by atoms with Crippen molar-refractivity contribution in [2.75, 3.05) is 18.0 Å². The molecule has 2 aromatic carbocycles. The van der Waals surface area contributed by atoms with Crippen LogP contribution < -0.4 is 10.2 Å². The Morgan fingerprint density at radius 3 is 2.62 bits per heavy atom. The summed E-state index contributed by atoms with van der Waals surface area (Å²) >= 11 is 0. The zero-order valence-corrected chi connectivity index (χ0v) is 14.1. The molecule has 2 N–H and O–H groups in total. The molecule has 1 fully saturated rings. The second-order valence-electron chi connectivity index (χ2n) is 6.30. The lowest BCUT2D eigenvalue weighted by molar-refractivity contribution is -0.120. The average molecular weight is 345 g/mol. The van der Waals surface area contributed by atoms with Crippen molar-refractivity contribution in [2.24, 2.45) is 0 Å². The smallest absolute Gasteiger partial charge is 0.244 e. The van der Waals surface area contributed by atoms with E-state index in [9.17, 15) is 9.90 Å². The molecule has 2 aromatic rings. The van der Waals surface area contributed by atoms with Crippen molar-refractivity contribution in [1.29, 1.82) is 0 Å². The van der Waals surface area contributed by atoms with Gasteiger partial charge in [-0.3, -0.25) is 4.79 Å². The van der Waals surface area contributed by atoms with E-state index in [2.05, 4.69) is 29.6 Å². The minimum Gasteiger partial charge on any atom is -0.392 e. The maximum atomic E-state index is 12.7. The van der Waals surface area contributed by atoms with Gasteiger partial charge < -0.3 is 15.3 Å². The summed E-state index contributed by atoms with van der Waals surface area (Å²) in [5.41, 5.74) is 4.62. The van der Waals surface area contributed by atoms with E-state index in [4.69, 9.17) is 0 Å². The van der Waals surface area contributed by atoms with Gasteiger partial charge in [0.1, 0.15) is 0 Å². The van der Waals surface area contributed by atoms with Crippen LogP contribution in [0.1, 0.15) is 12.0 Å². The van der Waals surface area contributed by atoms with E-state index in [1.54, 1.807) is 0 Å². The number of fused-ring (bicyclic) bond motifs is 1. The van der Waals surface area contributed by atoms with E-state index in [0.717, 1.165) is 18.7 Å². The summed E-state index contributed by atoms with van der Waals surface area (Å²) in [5, 5.41) is 12.7. The number of benzene rings is 2. The predicted molar refractivity (Wildman–Crippen MR) is 97.6 cm³/mol. The highest BCUT2D eigenvalue weighted by Crippen LogP contribution is 2.33. The zero-order chi connectivity index (χ0) is 15.8. The van der Waals surface area contributed by atoms with E-state index >= 15 is 0 Å². The third-order valence-corrected chi connectivity index (χ3v) is 4.75. The Bertz CT molecular complexity index is 735. The van der Waals surface area contributed by atoms with Crippen LogP contribution in [0, 0.1) is 0 Å². The molecule has 2 aliphatic heterocycles. The predicted octanol–water partition coefficient (Wildman–Crippen LogP) is 2.39. The highest BCUT2D eigenvalue weighted by atomic mass is 35.5. The number of aliphatic hydroxyl groups excluding tert-OH is 1. The molecule has 2 heterocycles. The largest absolute Gasteiger partial charge is 0.392 e. The van der Waals surface area contributed by atoms with Crippen molar-refractivity contribution < 1.29 is 9.90 Å². The number of rotatable bonds is 2. The highest BCUT2D eigenvalue weighted by Gasteiger charge is 2.34. The number of nitrogens with one attached hydrogen (secondary N) is 1. The molecule has 0 saturated carbocycles. The van der Waals surface area contributed by atoms with Crippen LogP contribution in [0.2, 0.25) is 0 Å². The molecule has 2 atom stereocenters. The van der Waals surface area contributed by atoms with Crippen molar-refractivity contribution in [3.8, 4) is 11.1 Å². The molecule has 4 nitrogen and oxygen atoms in total. The van der Waals surface area contributed by atoms with E-state index in [0.29, 0.717) is 13.0 Å². The fourth-order valence-electron chi connectivity index (χ4n) is 3.53. The van der Waals surface area contributed by atoms with Gasteiger partial charge in [-0.1, -0.05) is 36.4 Å². The molecule has 4 rings (SSSR count). The number of halogens is 1. The molecule has 1 saturated heterocycles. The van der Waals surface area contributed by atoms with Gasteiger partial charge in [0.2, 0.25) is 5.91 Å². The van der Waals surface area contributed by atoms with Crippen LogP contribution in [-0.4, -0.2) is 36.2 Å². The maximum Gasteiger partial charge on any atom is 0.244 e. The number of nitrogens with zero attached hydrogens (tertiary/aromatic N) is 1. The molecular formula is C19H21ClN2O2. The Kier molecular flexibility index (Phi) is 4.90. The fraction of sp³-hybridized carbons (Fsp3) is 0.316. The monoisotopic (exact) mass is 344 g/mol. The highest BCUT2D eigenvalue weighted by molar-refractivity contribution is 5.99. The third-order valence-electron chi connectivity index (χ3n) is 4.75. The third kappa shape index (κ3) is 3.05. The Morgan fingerprint density at radius 1 is 1.12 bits per heavy atom. The number of carbonyl (C=O) groups excluding carboxylic acids is 1. The van der Waals surface area contributed by atoms with Gasteiger partial charge in [-0.05, 0) is 41.7 Å². The van der Waals surface area contributed by atoms with Crippen molar-refractivity contribution in [2.45, 2.75) is 25.0 Å². The molecule has 0 radical (unpaired) electrons. The summed E-state index contributed by atoms with van der Waals surface area (Å²) in [6.45, 7) is 1.23. The van der Waals surface area contributed by atoms with Gasteiger partial charge >= 0.3 is 0 Å². The van der Waals surface area contributed by atoms with Crippen molar-refractivity contribution in [1.82, 2.24) is 5.32 Å². The first-order valence-corrected chi connectivity index (χ1v) is 8.13. The molecule has 0 spiro atoms. The first-order valence-electron chi connectivity index (χ1n) is 8.13. The van der Waals surface area contributed by atoms with Crippen molar-refractivity contribution in [3.63, 3.8) is 0 Å². The van der Waals surface area contributed by atoms with Crippen LogP contribution >= 0.6 is 12.4 Å². The number of β-amino-alcohol motifs (C(OH)–C–C–N with tert-alkyl or cyclic N) is 1. The number of carbonyl (C=O) groups is 1. The lowest BCUT2D eigenvalue weighted by Gasteiger charge is -2.21. The summed E-state index contributed by atoms with van der Waals surface area (Å²) in [6, 6.07) is 16.3. The molecule has 0 aliphatic carbocycles. The lowest BCUT2D eigenvalue weighted by Crippen LogP contribution is -2.42. The molecule has 0 aromatic heterocycles. The normalized spacial score (nSPS) is 22.1. The van der Waals surface area contributed by atoms with Gasteiger partial charge in [-0.15, -0.1) is 12.4 Å². The number of hydrogen-bond donors (Lipinski definition) is 2. The summed E-state index contributed by atoms with van der Waals surface area (Å²) in [4.78, 5) is 14.5. The van der Waals surface area contributed by atoms with Crippen LogP contribution in [0.5, 0.6) is 0 Å². The van der Waals surface area contributed by atoms with Gasteiger partial charge in [0, 0.05) is 18.8 Å². The quantitative estimate of drug-likeness (QED) is 0.879. The van der Waals surface area contributed by atoms with Crippen molar-refractivity contribution >= 4 is 24.0 Å². The van der Waals surface area contributed by atoms with Crippen LogP contribution in [0.15, 0.2) is 48.5 Å². The van der Waals surface area contributed by atoms with E-state index < -0.39 is 6.10 Å². The Labute approximate surface area is 147 Å².